The number of carbonyl (C=O) groups excluding carboxylic acids is 2. The fourth-order valence-electron chi connectivity index (χ4n) is 3.11. The van der Waals surface area contributed by atoms with Gasteiger partial charge in [-0.2, -0.15) is 0 Å². The van der Waals surface area contributed by atoms with Crippen molar-refractivity contribution in [2.75, 3.05) is 0 Å². The molecule has 0 spiro atoms. The molecule has 2 heterocycles. The van der Waals surface area contributed by atoms with Crippen molar-refractivity contribution in [2.45, 2.75) is 12.8 Å². The lowest BCUT2D eigenvalue weighted by Crippen LogP contribution is -2.39. The van der Waals surface area contributed by atoms with Gasteiger partial charge in [0, 0.05) is 5.56 Å². The van der Waals surface area contributed by atoms with Gasteiger partial charge in [0.1, 0.15) is 0 Å². The first-order valence-electron chi connectivity index (χ1n) is 7.04. The number of nitrogens with zero attached hydrogens (tertiary/aromatic N) is 1. The number of hydrogen-bond donors (Lipinski definition) is 1. The summed E-state index contributed by atoms with van der Waals surface area (Å²) in [6.45, 7) is 0. The monoisotopic (exact) mass is 282 g/mol. The molecule has 2 atom stereocenters. The number of likely N-dealkylation sites (tertiary alicyclic amines) is 1. The number of rotatable bonds is 1. The topological polar surface area (TPSA) is 58.6 Å². The van der Waals surface area contributed by atoms with Crippen molar-refractivity contribution in [2.24, 2.45) is 11.8 Å². The number of para-hydroxylation sites is 1. The summed E-state index contributed by atoms with van der Waals surface area (Å²) < 4.78 is 0. The van der Waals surface area contributed by atoms with Gasteiger partial charge in [0.25, 0.3) is 0 Å². The summed E-state index contributed by atoms with van der Waals surface area (Å²) in [6.07, 6.45) is 7.18. The molecule has 21 heavy (non-hydrogen) atoms. The molecule has 1 fully saturated rings. The van der Waals surface area contributed by atoms with E-state index in [2.05, 4.69) is 5.48 Å². The Morgan fingerprint density at radius 3 is 2.90 bits per heavy atom. The molecule has 2 amide bonds. The van der Waals surface area contributed by atoms with Gasteiger partial charge in [0.2, 0.25) is 11.8 Å². The van der Waals surface area contributed by atoms with Crippen molar-refractivity contribution in [1.82, 2.24) is 10.4 Å². The molecular weight excluding hydrogens is 268 g/mol. The Balaban J connectivity index is 1.72. The van der Waals surface area contributed by atoms with Crippen molar-refractivity contribution in [3.8, 4) is 5.75 Å². The van der Waals surface area contributed by atoms with Gasteiger partial charge in [-0.1, -0.05) is 30.4 Å². The van der Waals surface area contributed by atoms with E-state index in [-0.39, 0.29) is 23.7 Å². The van der Waals surface area contributed by atoms with E-state index in [1.54, 1.807) is 6.08 Å². The van der Waals surface area contributed by atoms with E-state index in [1.807, 2.05) is 36.4 Å². The lowest BCUT2D eigenvalue weighted by molar-refractivity contribution is -0.138. The third-order valence-electron chi connectivity index (χ3n) is 4.18. The second-order valence-corrected chi connectivity index (χ2v) is 5.42. The zero-order valence-corrected chi connectivity index (χ0v) is 11.3. The van der Waals surface area contributed by atoms with E-state index in [9.17, 15) is 9.59 Å². The number of hydrogen-bond acceptors (Lipinski definition) is 4. The third-order valence-corrected chi connectivity index (χ3v) is 4.18. The summed E-state index contributed by atoms with van der Waals surface area (Å²) in [5.74, 6) is 0.191. The molecule has 1 N–H and O–H groups in total. The van der Waals surface area contributed by atoms with E-state index in [0.29, 0.717) is 11.6 Å². The highest BCUT2D eigenvalue weighted by molar-refractivity contribution is 6.08. The Morgan fingerprint density at radius 2 is 2.05 bits per heavy atom. The Hall–Kier alpha value is -2.56. The zero-order chi connectivity index (χ0) is 14.4. The van der Waals surface area contributed by atoms with Gasteiger partial charge >= 0.3 is 0 Å². The maximum Gasteiger partial charge on any atom is 0.242 e. The van der Waals surface area contributed by atoms with E-state index in [0.717, 1.165) is 18.4 Å². The first-order chi connectivity index (χ1) is 10.3. The molecule has 5 heteroatoms. The number of hydroxylamine groups is 1. The van der Waals surface area contributed by atoms with Gasteiger partial charge in [0.05, 0.1) is 11.8 Å². The van der Waals surface area contributed by atoms with Crippen LogP contribution in [0.3, 0.4) is 0 Å². The van der Waals surface area contributed by atoms with Crippen molar-refractivity contribution < 1.29 is 14.4 Å². The van der Waals surface area contributed by atoms with E-state index in [1.165, 1.54) is 4.90 Å². The average Bonchev–Trinajstić information content (AvgIpc) is 2.79. The minimum atomic E-state index is -0.328. The Morgan fingerprint density at radius 1 is 1.19 bits per heavy atom. The fourth-order valence-corrected chi connectivity index (χ4v) is 3.11. The third kappa shape index (κ3) is 1.77. The predicted octanol–water partition coefficient (Wildman–Crippen LogP) is 1.83. The molecule has 4 rings (SSSR count). The number of carbonyl (C=O) groups is 2. The second-order valence-electron chi connectivity index (χ2n) is 5.42. The van der Waals surface area contributed by atoms with Crippen LogP contribution in [0.25, 0.3) is 6.08 Å². The molecule has 5 nitrogen and oxygen atoms in total. The lowest BCUT2D eigenvalue weighted by atomic mass is 9.86. The molecule has 1 aliphatic carbocycles. The van der Waals surface area contributed by atoms with Crippen molar-refractivity contribution in [3.63, 3.8) is 0 Å². The molecule has 0 radical (unpaired) electrons. The summed E-state index contributed by atoms with van der Waals surface area (Å²) >= 11 is 0. The first kappa shape index (κ1) is 12.2. The van der Waals surface area contributed by atoms with Gasteiger partial charge in [-0.3, -0.25) is 9.59 Å². The lowest BCUT2D eigenvalue weighted by Gasteiger charge is -2.24. The molecule has 106 valence electrons. The summed E-state index contributed by atoms with van der Waals surface area (Å²) in [5.41, 5.74) is 3.55. The molecule has 1 aromatic carbocycles. The largest absolute Gasteiger partial charge is 0.380 e. The first-order valence-corrected chi connectivity index (χ1v) is 7.04. The minimum absolute atomic E-state index is 0.143. The molecule has 1 saturated heterocycles. The average molecular weight is 282 g/mol. The molecule has 1 aromatic rings. The van der Waals surface area contributed by atoms with Gasteiger partial charge in [0.15, 0.2) is 11.6 Å². The second kappa shape index (κ2) is 4.48. The summed E-state index contributed by atoms with van der Waals surface area (Å²) in [5, 5.41) is 0. The molecule has 2 unspecified atom stereocenters. The van der Waals surface area contributed by atoms with Crippen molar-refractivity contribution in [3.05, 3.63) is 47.8 Å². The Kier molecular flexibility index (Phi) is 2.60. The van der Waals surface area contributed by atoms with E-state index >= 15 is 0 Å². The summed E-state index contributed by atoms with van der Waals surface area (Å²) in [6, 6.07) is 7.46. The predicted molar refractivity (Wildman–Crippen MR) is 75.4 cm³/mol. The van der Waals surface area contributed by atoms with Crippen LogP contribution >= 0.6 is 0 Å². The number of allylic oxidation sites excluding steroid dienone is 1. The van der Waals surface area contributed by atoms with Crippen LogP contribution in [0, 0.1) is 11.8 Å². The highest BCUT2D eigenvalue weighted by Gasteiger charge is 2.48. The minimum Gasteiger partial charge on any atom is -0.380 e. The number of fused-ring (bicyclic) bond motifs is 2. The number of benzene rings is 1. The van der Waals surface area contributed by atoms with Crippen LogP contribution in [0.15, 0.2) is 42.2 Å². The SMILES string of the molecule is O=C1C2C=CCCC2C(=O)N1C1=Cc2ccccc2ON1. The van der Waals surface area contributed by atoms with Crippen LogP contribution in [0.5, 0.6) is 5.75 Å². The number of amides is 2. The normalized spacial score (nSPS) is 26.7. The summed E-state index contributed by atoms with van der Waals surface area (Å²) in [4.78, 5) is 31.6. The number of imide groups is 1. The Bertz CT molecular complexity index is 693. The molecule has 0 saturated carbocycles. The van der Waals surface area contributed by atoms with Crippen LogP contribution in [-0.4, -0.2) is 16.7 Å². The molecular formula is C16H14N2O3. The molecule has 0 bridgehead atoms. The van der Waals surface area contributed by atoms with Gasteiger partial charge in [-0.05, 0) is 25.0 Å². The van der Waals surface area contributed by atoms with Crippen LogP contribution in [0.4, 0.5) is 0 Å². The molecule has 3 aliphatic rings. The zero-order valence-electron chi connectivity index (χ0n) is 11.3. The Labute approximate surface area is 121 Å². The molecule has 2 aliphatic heterocycles. The van der Waals surface area contributed by atoms with E-state index in [4.69, 9.17) is 4.84 Å². The summed E-state index contributed by atoms with van der Waals surface area (Å²) in [7, 11) is 0. The molecule has 0 aromatic heterocycles. The van der Waals surface area contributed by atoms with Crippen LogP contribution in [0.2, 0.25) is 0 Å². The van der Waals surface area contributed by atoms with Crippen LogP contribution in [-0.2, 0) is 9.59 Å². The van der Waals surface area contributed by atoms with Gasteiger partial charge in [-0.25, -0.2) is 10.4 Å². The van der Waals surface area contributed by atoms with Crippen LogP contribution in [0.1, 0.15) is 18.4 Å². The quantitative estimate of drug-likeness (QED) is 0.630. The standard InChI is InChI=1S/C16H14N2O3/c19-15-11-6-2-3-7-12(11)16(20)18(15)14-9-10-5-1-4-8-13(10)21-17-14/h1-2,4-6,8-9,11-12,17H,3,7H2. The highest BCUT2D eigenvalue weighted by atomic mass is 16.6. The smallest absolute Gasteiger partial charge is 0.242 e. The van der Waals surface area contributed by atoms with E-state index < -0.39 is 0 Å². The maximum absolute atomic E-state index is 12.5. The van der Waals surface area contributed by atoms with Gasteiger partial charge < -0.3 is 4.84 Å². The van der Waals surface area contributed by atoms with Crippen molar-refractivity contribution >= 4 is 17.9 Å². The van der Waals surface area contributed by atoms with Gasteiger partial charge in [-0.15, -0.1) is 0 Å². The van der Waals surface area contributed by atoms with Crippen molar-refractivity contribution in [1.29, 1.82) is 0 Å². The van der Waals surface area contributed by atoms with Crippen LogP contribution < -0.4 is 10.3 Å². The highest BCUT2D eigenvalue weighted by Crippen LogP contribution is 2.37. The maximum atomic E-state index is 12.5. The fraction of sp³-hybridized carbons (Fsp3) is 0.250. The number of nitrogens with one attached hydrogen (secondary N) is 1.